The highest BCUT2D eigenvalue weighted by Gasteiger charge is 2.26. The fraction of sp³-hybridized carbons (Fsp3) is 0.200. The summed E-state index contributed by atoms with van der Waals surface area (Å²) >= 11 is 0. The maximum atomic E-state index is 13.2. The van der Waals surface area contributed by atoms with Gasteiger partial charge in [-0.1, -0.05) is 54.6 Å². The van der Waals surface area contributed by atoms with E-state index in [9.17, 15) is 36.3 Å². The number of aromatic nitrogens is 4. The van der Waals surface area contributed by atoms with E-state index in [0.717, 1.165) is 17.5 Å². The van der Waals surface area contributed by atoms with Gasteiger partial charge in [-0.15, -0.1) is 0 Å². The molecular weight excluding hydrogens is 815 g/mol. The second-order valence-corrected chi connectivity index (χ2v) is 16.6. The number of carbonyl (C=O) groups excluding carboxylic acids is 2. The number of hydrogen-bond acceptors (Lipinski definition) is 12. The second-order valence-electron chi connectivity index (χ2n) is 13.2. The van der Waals surface area contributed by atoms with Gasteiger partial charge in [-0.25, -0.2) is 36.3 Å². The molecule has 2 amide bonds. The molecule has 4 aromatic carbocycles. The predicted molar refractivity (Wildman–Crippen MR) is 221 cm³/mol. The first-order valence-corrected chi connectivity index (χ1v) is 21.5. The molecule has 0 radical (unpaired) electrons. The minimum Gasteiger partial charge on any atom is -0.480 e. The molecule has 60 heavy (non-hydrogen) atoms. The number of sulfonamides is 2. The monoisotopic (exact) mass is 855 g/mol. The number of ether oxygens (including phenoxy) is 1. The summed E-state index contributed by atoms with van der Waals surface area (Å²) in [6, 6.07) is 25.5. The molecule has 0 bridgehead atoms. The number of nitrogens with one attached hydrogen (secondary N) is 5. The summed E-state index contributed by atoms with van der Waals surface area (Å²) in [5, 5.41) is 23.0. The van der Waals surface area contributed by atoms with Crippen LogP contribution in [0, 0.1) is 0 Å². The largest absolute Gasteiger partial charge is 0.480 e. The number of carbonyl (C=O) groups is 3. The predicted octanol–water partition coefficient (Wildman–Crippen LogP) is 3.36. The van der Waals surface area contributed by atoms with E-state index >= 15 is 0 Å². The summed E-state index contributed by atoms with van der Waals surface area (Å²) in [7, 11) is -8.27. The van der Waals surface area contributed by atoms with E-state index in [1.807, 2.05) is 30.3 Å². The summed E-state index contributed by atoms with van der Waals surface area (Å²) in [5.74, 6) is -1.57. The van der Waals surface area contributed by atoms with Crippen molar-refractivity contribution in [2.24, 2.45) is 0 Å². The SMILES string of the molecule is O=C(NCCNS(=O)(=O)c1ccc(-c2ccc(S(=O)(=O)N[C@@H](CNC(=O)c3ccc4c(cnn4CCCNc4ncccn4)c3)C(=O)O)cc2)cc1)OCc1ccccc1. The Balaban J connectivity index is 0.968. The van der Waals surface area contributed by atoms with Crippen molar-refractivity contribution >= 4 is 54.9 Å². The van der Waals surface area contributed by atoms with Crippen molar-refractivity contribution in [1.82, 2.24) is 39.8 Å². The Morgan fingerprint density at radius 1 is 0.750 bits per heavy atom. The van der Waals surface area contributed by atoms with Gasteiger partial charge in [0.1, 0.15) is 12.6 Å². The molecule has 1 atom stereocenters. The van der Waals surface area contributed by atoms with Crippen molar-refractivity contribution in [2.75, 3.05) is 31.5 Å². The first-order valence-electron chi connectivity index (χ1n) is 18.5. The van der Waals surface area contributed by atoms with Crippen LogP contribution >= 0.6 is 0 Å². The van der Waals surface area contributed by atoms with Crippen LogP contribution in [0.25, 0.3) is 22.0 Å². The number of anilines is 1. The van der Waals surface area contributed by atoms with Gasteiger partial charge in [-0.3, -0.25) is 14.3 Å². The number of nitrogens with zero attached hydrogens (tertiary/aromatic N) is 4. The van der Waals surface area contributed by atoms with Crippen LogP contribution < -0.4 is 25.4 Å². The Morgan fingerprint density at radius 2 is 1.42 bits per heavy atom. The number of hydrogen-bond donors (Lipinski definition) is 6. The molecule has 18 nitrogen and oxygen atoms in total. The summed E-state index contributed by atoms with van der Waals surface area (Å²) in [4.78, 5) is 45.0. The molecule has 312 valence electrons. The zero-order valence-corrected chi connectivity index (χ0v) is 33.5. The molecule has 6 rings (SSSR count). The molecule has 0 saturated heterocycles. The number of amides is 2. The number of rotatable bonds is 20. The maximum Gasteiger partial charge on any atom is 0.407 e. The average molecular weight is 856 g/mol. The van der Waals surface area contributed by atoms with Crippen LogP contribution in [0.3, 0.4) is 0 Å². The van der Waals surface area contributed by atoms with Gasteiger partial charge in [0.25, 0.3) is 5.91 Å². The number of aryl methyl sites for hydroxylation is 1. The van der Waals surface area contributed by atoms with Gasteiger partial charge in [-0.05, 0) is 71.6 Å². The molecule has 20 heteroatoms. The molecule has 0 aliphatic heterocycles. The lowest BCUT2D eigenvalue weighted by Gasteiger charge is -2.16. The highest BCUT2D eigenvalue weighted by Crippen LogP contribution is 2.23. The van der Waals surface area contributed by atoms with Crippen LogP contribution in [0.5, 0.6) is 0 Å². The number of aliphatic carboxylic acids is 1. The third-order valence-electron chi connectivity index (χ3n) is 8.92. The van der Waals surface area contributed by atoms with Crippen molar-refractivity contribution in [3.8, 4) is 11.1 Å². The number of benzene rings is 4. The molecule has 0 aliphatic rings. The van der Waals surface area contributed by atoms with Gasteiger partial charge in [0, 0.05) is 56.1 Å². The first-order chi connectivity index (χ1) is 28.9. The third-order valence-corrected chi connectivity index (χ3v) is 11.9. The highest BCUT2D eigenvalue weighted by atomic mass is 32.2. The lowest BCUT2D eigenvalue weighted by atomic mass is 10.1. The Hall–Kier alpha value is -6.74. The minimum absolute atomic E-state index is 0.00560. The lowest BCUT2D eigenvalue weighted by molar-refractivity contribution is -0.138. The Labute approximate surface area is 345 Å². The molecule has 2 heterocycles. The lowest BCUT2D eigenvalue weighted by Crippen LogP contribution is -2.48. The zero-order chi connectivity index (χ0) is 42.5. The van der Waals surface area contributed by atoms with Crippen molar-refractivity contribution in [3.05, 3.63) is 133 Å². The topological polar surface area (TPSA) is 253 Å². The number of carboxylic acids is 1. The van der Waals surface area contributed by atoms with Crippen molar-refractivity contribution in [2.45, 2.75) is 35.4 Å². The fourth-order valence-corrected chi connectivity index (χ4v) is 8.04. The first kappa shape index (κ1) is 42.9. The summed E-state index contributed by atoms with van der Waals surface area (Å²) in [6.07, 6.45) is 4.96. The summed E-state index contributed by atoms with van der Waals surface area (Å²) in [6.45, 7) is 0.661. The molecule has 0 saturated carbocycles. The van der Waals surface area contributed by atoms with Gasteiger partial charge < -0.3 is 25.8 Å². The van der Waals surface area contributed by atoms with Crippen LogP contribution in [0.1, 0.15) is 22.3 Å². The second kappa shape index (κ2) is 19.8. The molecule has 2 aromatic heterocycles. The van der Waals surface area contributed by atoms with Crippen molar-refractivity contribution < 1.29 is 41.1 Å². The normalized spacial score (nSPS) is 12.1. The van der Waals surface area contributed by atoms with Gasteiger partial charge in [0.05, 0.1) is 21.5 Å². The van der Waals surface area contributed by atoms with Crippen LogP contribution in [-0.4, -0.2) is 91.9 Å². The van der Waals surface area contributed by atoms with Gasteiger partial charge in [-0.2, -0.15) is 9.82 Å². The van der Waals surface area contributed by atoms with E-state index in [1.165, 1.54) is 36.4 Å². The average Bonchev–Trinajstić information content (AvgIpc) is 3.67. The van der Waals surface area contributed by atoms with Crippen molar-refractivity contribution in [3.63, 3.8) is 0 Å². The molecule has 6 aromatic rings. The van der Waals surface area contributed by atoms with Crippen LogP contribution in [0.2, 0.25) is 0 Å². The molecule has 6 N–H and O–H groups in total. The van der Waals surface area contributed by atoms with E-state index in [-0.39, 0.29) is 35.1 Å². The van der Waals surface area contributed by atoms with Gasteiger partial charge >= 0.3 is 12.1 Å². The third kappa shape index (κ3) is 11.7. The van der Waals surface area contributed by atoms with E-state index < -0.39 is 50.6 Å². The van der Waals surface area contributed by atoms with E-state index in [2.05, 4.69) is 40.5 Å². The summed E-state index contributed by atoms with van der Waals surface area (Å²) < 4.78 is 63.5. The van der Waals surface area contributed by atoms with Crippen LogP contribution in [-0.2, 0) is 42.7 Å². The van der Waals surface area contributed by atoms with Crippen LogP contribution in [0.4, 0.5) is 10.7 Å². The number of alkyl carbamates (subject to hydrolysis) is 1. The molecular formula is C40H41N9O9S2. The maximum absolute atomic E-state index is 13.2. The highest BCUT2D eigenvalue weighted by molar-refractivity contribution is 7.89. The standard InChI is InChI=1S/C40H41N9O9S2/c50-37(31-12-17-36-32(24-31)25-46-49(36)23-5-20-43-39-41-18-4-19-42-39)45-26-35(38(51)52)48-60(56,57)34-15-10-30(11-16-34)29-8-13-33(14-9-29)59(54,55)47-22-21-44-40(53)58-27-28-6-2-1-3-7-28/h1-4,6-19,24-25,35,47-48H,5,20-23,26-27H2,(H,44,53)(H,45,50)(H,51,52)(H,41,42,43)/t35-/m0/s1. The quantitative estimate of drug-likeness (QED) is 0.0604. The van der Waals surface area contributed by atoms with E-state index in [0.29, 0.717) is 35.6 Å². The molecule has 0 spiro atoms. The van der Waals surface area contributed by atoms with Crippen molar-refractivity contribution in [1.29, 1.82) is 0 Å². The molecule has 0 fully saturated rings. The summed E-state index contributed by atoms with van der Waals surface area (Å²) in [5.41, 5.74) is 2.98. The molecule has 0 unspecified atom stereocenters. The number of fused-ring (bicyclic) bond motifs is 1. The Bertz CT molecular complexity index is 2630. The van der Waals surface area contributed by atoms with Gasteiger partial charge in [0.15, 0.2) is 0 Å². The van der Waals surface area contributed by atoms with E-state index in [4.69, 9.17) is 4.74 Å². The van der Waals surface area contributed by atoms with Crippen LogP contribution in [0.15, 0.2) is 132 Å². The smallest absolute Gasteiger partial charge is 0.407 e. The van der Waals surface area contributed by atoms with Gasteiger partial charge in [0.2, 0.25) is 26.0 Å². The van der Waals surface area contributed by atoms with E-state index in [1.54, 1.807) is 59.7 Å². The zero-order valence-electron chi connectivity index (χ0n) is 31.9. The fourth-order valence-electron chi connectivity index (χ4n) is 5.82. The Kier molecular flexibility index (Phi) is 14.1. The molecule has 0 aliphatic carbocycles. The minimum atomic E-state index is -4.35. The number of carboxylic acid groups (broad SMARTS) is 1. The Morgan fingerprint density at radius 3 is 2.08 bits per heavy atom.